The Hall–Kier alpha value is -6.57. The highest BCUT2D eigenvalue weighted by atomic mass is 15.1. The molecular weight excluding hydrogens is 681 g/mol. The third-order valence-corrected chi connectivity index (χ3v) is 12.2. The highest BCUT2D eigenvalue weighted by Gasteiger charge is 2.43. The van der Waals surface area contributed by atoms with Crippen molar-refractivity contribution in [2.45, 2.75) is 52.4 Å². The average molecular weight is 727 g/mol. The second-order valence-corrected chi connectivity index (χ2v) is 16.4. The minimum Gasteiger partial charge on any atom is -0.388 e. The van der Waals surface area contributed by atoms with E-state index >= 15 is 0 Å². The second-order valence-electron chi connectivity index (χ2n) is 16.4. The summed E-state index contributed by atoms with van der Waals surface area (Å²) in [5.41, 5.74) is 21.3. The molecule has 56 heavy (non-hydrogen) atoms. The van der Waals surface area contributed by atoms with E-state index in [2.05, 4.69) is 184 Å². The summed E-state index contributed by atoms with van der Waals surface area (Å²) in [5, 5.41) is 12.8. The van der Waals surface area contributed by atoms with Crippen molar-refractivity contribution in [1.29, 1.82) is 5.26 Å². The molecule has 0 heterocycles. The molecule has 0 amide bonds. The summed E-state index contributed by atoms with van der Waals surface area (Å²) in [5.74, 6) is 0. The molecule has 0 saturated carbocycles. The Kier molecular flexibility index (Phi) is 8.18. The molecular formula is C52H46N4. The monoisotopic (exact) mass is 726 g/mol. The van der Waals surface area contributed by atoms with Gasteiger partial charge in [-0.05, 0) is 179 Å². The second kappa shape index (κ2) is 13.0. The van der Waals surface area contributed by atoms with Crippen molar-refractivity contribution >= 4 is 39.8 Å². The number of para-hydroxylation sites is 2. The number of hydrogen-bond donors (Lipinski definition) is 1. The number of anilines is 7. The SMILES string of the molecule is CNc1ccc(N(c2ccccc2)c2cc(C)c3c(c2)C(C)(C)c2cc4c(cc2-3)C(C)(C)c2cc(N(c3ccccc3)c3ccc(C#N)cc3)cc(C)c2-4)cc1. The van der Waals surface area contributed by atoms with Gasteiger partial charge < -0.3 is 15.1 Å². The first-order valence-electron chi connectivity index (χ1n) is 19.5. The van der Waals surface area contributed by atoms with Gasteiger partial charge >= 0.3 is 0 Å². The summed E-state index contributed by atoms with van der Waals surface area (Å²) in [7, 11) is 1.96. The maximum Gasteiger partial charge on any atom is 0.0991 e. The van der Waals surface area contributed by atoms with E-state index in [9.17, 15) is 5.26 Å². The molecule has 4 heteroatoms. The highest BCUT2D eigenvalue weighted by Crippen LogP contribution is 2.59. The molecule has 7 aromatic carbocycles. The smallest absolute Gasteiger partial charge is 0.0991 e. The number of nitrogens with one attached hydrogen (secondary N) is 1. The molecule has 2 aliphatic rings. The van der Waals surface area contributed by atoms with Gasteiger partial charge in [-0.15, -0.1) is 0 Å². The molecule has 0 unspecified atom stereocenters. The van der Waals surface area contributed by atoms with Gasteiger partial charge in [-0.2, -0.15) is 5.26 Å². The van der Waals surface area contributed by atoms with Crippen molar-refractivity contribution in [3.05, 3.63) is 185 Å². The van der Waals surface area contributed by atoms with Crippen LogP contribution in [0, 0.1) is 25.2 Å². The van der Waals surface area contributed by atoms with Crippen LogP contribution in [0.2, 0.25) is 0 Å². The van der Waals surface area contributed by atoms with Crippen LogP contribution < -0.4 is 15.1 Å². The van der Waals surface area contributed by atoms with Gasteiger partial charge in [-0.3, -0.25) is 0 Å². The Labute approximate surface area is 331 Å². The van der Waals surface area contributed by atoms with Crippen LogP contribution in [0.15, 0.2) is 146 Å². The van der Waals surface area contributed by atoms with Crippen molar-refractivity contribution in [2.24, 2.45) is 0 Å². The van der Waals surface area contributed by atoms with E-state index in [0.29, 0.717) is 5.56 Å². The fourth-order valence-electron chi connectivity index (χ4n) is 9.34. The first-order valence-corrected chi connectivity index (χ1v) is 19.5. The van der Waals surface area contributed by atoms with Gasteiger partial charge in [0.25, 0.3) is 0 Å². The van der Waals surface area contributed by atoms with Crippen LogP contribution in [0.25, 0.3) is 22.3 Å². The summed E-state index contributed by atoms with van der Waals surface area (Å²) < 4.78 is 0. The number of fused-ring (bicyclic) bond motifs is 6. The summed E-state index contributed by atoms with van der Waals surface area (Å²) in [6, 6.07) is 54.6. The fourth-order valence-corrected chi connectivity index (χ4v) is 9.34. The number of nitriles is 1. The third kappa shape index (κ3) is 5.41. The van der Waals surface area contributed by atoms with E-state index in [1.165, 1.54) is 55.6 Å². The predicted octanol–water partition coefficient (Wildman–Crippen LogP) is 13.8. The molecule has 0 bridgehead atoms. The lowest BCUT2D eigenvalue weighted by atomic mass is 9.79. The van der Waals surface area contributed by atoms with E-state index in [1.807, 2.05) is 31.3 Å². The molecule has 0 aromatic heterocycles. The zero-order valence-corrected chi connectivity index (χ0v) is 33.2. The van der Waals surface area contributed by atoms with Crippen LogP contribution in [-0.2, 0) is 10.8 Å². The number of rotatable bonds is 7. The Morgan fingerprint density at radius 2 is 0.857 bits per heavy atom. The normalized spacial score (nSPS) is 13.9. The quantitative estimate of drug-likeness (QED) is 0.178. The van der Waals surface area contributed by atoms with Gasteiger partial charge in [0.2, 0.25) is 0 Å². The van der Waals surface area contributed by atoms with Crippen molar-refractivity contribution in [1.82, 2.24) is 0 Å². The van der Waals surface area contributed by atoms with Gasteiger partial charge in [0, 0.05) is 57.7 Å². The van der Waals surface area contributed by atoms with Gasteiger partial charge in [0.1, 0.15) is 0 Å². The Morgan fingerprint density at radius 3 is 1.25 bits per heavy atom. The van der Waals surface area contributed by atoms with E-state index in [0.717, 1.165) is 39.8 Å². The maximum absolute atomic E-state index is 9.52. The molecule has 0 aliphatic heterocycles. The topological polar surface area (TPSA) is 42.3 Å². The number of nitrogens with zero attached hydrogens (tertiary/aromatic N) is 3. The molecule has 2 aliphatic carbocycles. The molecule has 7 aromatic rings. The first kappa shape index (κ1) is 35.2. The van der Waals surface area contributed by atoms with Gasteiger partial charge in [0.15, 0.2) is 0 Å². The molecule has 274 valence electrons. The summed E-state index contributed by atoms with van der Waals surface area (Å²) >= 11 is 0. The fraction of sp³-hybridized carbons (Fsp3) is 0.173. The minimum atomic E-state index is -0.224. The zero-order valence-electron chi connectivity index (χ0n) is 33.2. The summed E-state index contributed by atoms with van der Waals surface area (Å²) in [6.07, 6.45) is 0. The first-order chi connectivity index (χ1) is 27.0. The van der Waals surface area contributed by atoms with E-state index in [4.69, 9.17) is 0 Å². The van der Waals surface area contributed by atoms with Crippen LogP contribution in [0.4, 0.5) is 39.8 Å². The number of aryl methyl sites for hydroxylation is 2. The van der Waals surface area contributed by atoms with Crippen LogP contribution in [0.3, 0.4) is 0 Å². The Morgan fingerprint density at radius 1 is 0.464 bits per heavy atom. The lowest BCUT2D eigenvalue weighted by Gasteiger charge is -2.29. The van der Waals surface area contributed by atoms with Crippen LogP contribution in [0.5, 0.6) is 0 Å². The van der Waals surface area contributed by atoms with Gasteiger partial charge in [-0.25, -0.2) is 0 Å². The molecule has 1 N–H and O–H groups in total. The molecule has 4 nitrogen and oxygen atoms in total. The number of benzene rings is 7. The molecule has 0 saturated heterocycles. The number of hydrogen-bond acceptors (Lipinski definition) is 4. The molecule has 9 rings (SSSR count). The van der Waals surface area contributed by atoms with Crippen molar-refractivity contribution in [3.8, 4) is 28.3 Å². The van der Waals surface area contributed by atoms with Crippen molar-refractivity contribution in [2.75, 3.05) is 22.2 Å². The predicted molar refractivity (Wildman–Crippen MR) is 235 cm³/mol. The van der Waals surface area contributed by atoms with Gasteiger partial charge in [-0.1, -0.05) is 64.1 Å². The molecule has 0 spiro atoms. The standard InChI is InChI=1S/C52H46N4/c1-33-26-41(55(37-14-10-8-11-15-37)39-22-18-35(32-53)19-23-39)28-47-49(33)43-30-46-44(31-45(43)51(47,3)4)50-34(2)27-42(29-48(50)52(46,5)6)56(38-16-12-9-13-17-38)40-24-20-36(54-7)21-25-40/h8-31,54H,1-7H3. The molecule has 0 fully saturated rings. The lowest BCUT2D eigenvalue weighted by Crippen LogP contribution is -2.18. The lowest BCUT2D eigenvalue weighted by molar-refractivity contribution is 0.652. The largest absolute Gasteiger partial charge is 0.388 e. The minimum absolute atomic E-state index is 0.209. The summed E-state index contributed by atoms with van der Waals surface area (Å²) in [6.45, 7) is 14.1. The highest BCUT2D eigenvalue weighted by molar-refractivity contribution is 5.94. The van der Waals surface area contributed by atoms with Gasteiger partial charge in [0.05, 0.1) is 11.6 Å². The van der Waals surface area contributed by atoms with Crippen molar-refractivity contribution in [3.63, 3.8) is 0 Å². The Balaban J connectivity index is 1.17. The van der Waals surface area contributed by atoms with E-state index in [1.54, 1.807) is 0 Å². The zero-order chi connectivity index (χ0) is 38.9. The molecule has 0 radical (unpaired) electrons. The van der Waals surface area contributed by atoms with Crippen LogP contribution in [0.1, 0.15) is 66.6 Å². The maximum atomic E-state index is 9.52. The Bertz CT molecular complexity index is 2680. The van der Waals surface area contributed by atoms with E-state index in [-0.39, 0.29) is 10.8 Å². The van der Waals surface area contributed by atoms with Crippen LogP contribution >= 0.6 is 0 Å². The van der Waals surface area contributed by atoms with Crippen molar-refractivity contribution < 1.29 is 0 Å². The third-order valence-electron chi connectivity index (χ3n) is 12.2. The average Bonchev–Trinajstić information content (AvgIpc) is 3.58. The van der Waals surface area contributed by atoms with E-state index < -0.39 is 0 Å². The van der Waals surface area contributed by atoms with Crippen LogP contribution in [-0.4, -0.2) is 7.05 Å². The summed E-state index contributed by atoms with van der Waals surface area (Å²) in [4.78, 5) is 4.68. The molecule has 0 atom stereocenters.